The van der Waals surface area contributed by atoms with Gasteiger partial charge in [0.1, 0.15) is 0 Å². The summed E-state index contributed by atoms with van der Waals surface area (Å²) in [7, 11) is 6.89. The summed E-state index contributed by atoms with van der Waals surface area (Å²) >= 11 is 0. The van der Waals surface area contributed by atoms with Gasteiger partial charge in [-0.3, -0.25) is 0 Å². The molecule has 27 heavy (non-hydrogen) atoms. The van der Waals surface area contributed by atoms with E-state index in [0.29, 0.717) is 0 Å². The first-order valence-corrected chi connectivity index (χ1v) is 11.8. The second-order valence-electron chi connectivity index (χ2n) is 9.04. The van der Waals surface area contributed by atoms with Crippen molar-refractivity contribution in [2.75, 3.05) is 27.7 Å². The highest BCUT2D eigenvalue weighted by Crippen LogP contribution is 2.13. The molecular weight excluding hydrogens is 334 g/mol. The lowest BCUT2D eigenvalue weighted by molar-refractivity contribution is -0.870. The molecule has 3 nitrogen and oxygen atoms in total. The Morgan fingerprint density at radius 2 is 0.852 bits per heavy atom. The van der Waals surface area contributed by atoms with Gasteiger partial charge in [-0.05, 0) is 19.3 Å². The van der Waals surface area contributed by atoms with E-state index in [2.05, 4.69) is 28.1 Å². The molecule has 0 aliphatic heterocycles. The third-order valence-corrected chi connectivity index (χ3v) is 4.97. The number of nitrogens with zero attached hydrogens (tertiary/aromatic N) is 1. The standard InChI is InChI=1S/C21H46N.C3H6O2/c1-5-6-7-8-9-10-11-12-13-14-15-16-17-18-19-20-21-22(2,3)4;1-2-3(4)5/h5-21H2,1-4H3;2H2,1H3,(H,4,5)/q+1;/p-1. The Morgan fingerprint density at radius 3 is 1.07 bits per heavy atom. The van der Waals surface area contributed by atoms with Crippen molar-refractivity contribution in [1.82, 2.24) is 0 Å². The number of quaternary nitrogens is 1. The van der Waals surface area contributed by atoms with E-state index in [1.165, 1.54) is 116 Å². The lowest BCUT2D eigenvalue weighted by Gasteiger charge is -2.23. The Hall–Kier alpha value is -0.570. The fraction of sp³-hybridized carbons (Fsp3) is 0.958. The van der Waals surface area contributed by atoms with Crippen LogP contribution in [0.25, 0.3) is 0 Å². The van der Waals surface area contributed by atoms with Crippen molar-refractivity contribution < 1.29 is 14.4 Å². The number of carboxylic acid groups (broad SMARTS) is 1. The minimum absolute atomic E-state index is 0.111. The van der Waals surface area contributed by atoms with Crippen LogP contribution in [0, 0.1) is 0 Å². The van der Waals surface area contributed by atoms with Gasteiger partial charge >= 0.3 is 0 Å². The first-order valence-electron chi connectivity index (χ1n) is 11.8. The SMILES string of the molecule is CCC(=O)[O-].CCCCCCCCCCCCCCCCCC[N+](C)(C)C. The summed E-state index contributed by atoms with van der Waals surface area (Å²) < 4.78 is 1.12. The summed E-state index contributed by atoms with van der Waals surface area (Å²) in [6.07, 6.45) is 23.5. The van der Waals surface area contributed by atoms with Crippen LogP contribution in [-0.4, -0.2) is 38.1 Å². The lowest BCUT2D eigenvalue weighted by Crippen LogP contribution is -2.35. The number of unbranched alkanes of at least 4 members (excludes halogenated alkanes) is 15. The third kappa shape index (κ3) is 33.4. The van der Waals surface area contributed by atoms with E-state index in [-0.39, 0.29) is 6.42 Å². The van der Waals surface area contributed by atoms with Gasteiger partial charge in [0, 0.05) is 5.97 Å². The molecule has 0 radical (unpaired) electrons. The monoisotopic (exact) mass is 385 g/mol. The summed E-state index contributed by atoms with van der Waals surface area (Å²) in [5, 5.41) is 9.26. The minimum atomic E-state index is -0.995. The second-order valence-corrected chi connectivity index (χ2v) is 9.04. The van der Waals surface area contributed by atoms with E-state index in [4.69, 9.17) is 0 Å². The van der Waals surface area contributed by atoms with E-state index >= 15 is 0 Å². The Morgan fingerprint density at radius 1 is 0.593 bits per heavy atom. The number of carbonyl (C=O) groups excluding carboxylic acids is 1. The van der Waals surface area contributed by atoms with Crippen LogP contribution >= 0.6 is 0 Å². The Kier molecular flexibility index (Phi) is 23.0. The molecule has 0 fully saturated rings. The van der Waals surface area contributed by atoms with E-state index in [1.54, 1.807) is 0 Å². The smallest absolute Gasteiger partial charge is 0.0780 e. The highest BCUT2D eigenvalue weighted by Gasteiger charge is 2.04. The maximum absolute atomic E-state index is 9.26. The number of hydrogen-bond donors (Lipinski definition) is 0. The Balaban J connectivity index is 0. The zero-order chi connectivity index (χ0) is 20.8. The lowest BCUT2D eigenvalue weighted by atomic mass is 10.0. The Bertz CT molecular complexity index is 297. The number of aliphatic carboxylic acids is 1. The van der Waals surface area contributed by atoms with Gasteiger partial charge in [0.15, 0.2) is 0 Å². The van der Waals surface area contributed by atoms with Gasteiger partial charge in [-0.25, -0.2) is 0 Å². The molecule has 0 atom stereocenters. The van der Waals surface area contributed by atoms with Gasteiger partial charge < -0.3 is 14.4 Å². The predicted molar refractivity (Wildman–Crippen MR) is 118 cm³/mol. The Labute approximate surface area is 171 Å². The van der Waals surface area contributed by atoms with Crippen molar-refractivity contribution in [3.8, 4) is 0 Å². The van der Waals surface area contributed by atoms with Gasteiger partial charge in [-0.1, -0.05) is 104 Å². The van der Waals surface area contributed by atoms with Crippen LogP contribution in [0.3, 0.4) is 0 Å². The molecule has 0 aromatic rings. The highest BCUT2D eigenvalue weighted by atomic mass is 16.4. The maximum Gasteiger partial charge on any atom is 0.0780 e. The molecule has 0 aliphatic rings. The van der Waals surface area contributed by atoms with Crippen molar-refractivity contribution in [3.63, 3.8) is 0 Å². The molecule has 0 N–H and O–H groups in total. The van der Waals surface area contributed by atoms with E-state index in [0.717, 1.165) is 4.48 Å². The van der Waals surface area contributed by atoms with Crippen molar-refractivity contribution >= 4 is 5.97 Å². The zero-order valence-corrected chi connectivity index (χ0v) is 19.5. The molecule has 0 aliphatic carbocycles. The number of carboxylic acids is 1. The van der Waals surface area contributed by atoms with Gasteiger partial charge in [-0.2, -0.15) is 0 Å². The van der Waals surface area contributed by atoms with Crippen LogP contribution in [-0.2, 0) is 4.79 Å². The van der Waals surface area contributed by atoms with Crippen LogP contribution in [0.1, 0.15) is 123 Å². The van der Waals surface area contributed by atoms with Crippen molar-refractivity contribution in [1.29, 1.82) is 0 Å². The quantitative estimate of drug-likeness (QED) is 0.211. The summed E-state index contributed by atoms with van der Waals surface area (Å²) in [6.45, 7) is 5.17. The summed E-state index contributed by atoms with van der Waals surface area (Å²) in [5.41, 5.74) is 0. The van der Waals surface area contributed by atoms with Gasteiger partial charge in [0.25, 0.3) is 0 Å². The summed E-state index contributed by atoms with van der Waals surface area (Å²) in [5.74, 6) is -0.995. The zero-order valence-electron chi connectivity index (χ0n) is 19.5. The fourth-order valence-corrected chi connectivity index (χ4v) is 3.13. The average molecular weight is 386 g/mol. The number of rotatable bonds is 18. The molecule has 3 heteroatoms. The predicted octanol–water partition coefficient (Wildman–Crippen LogP) is 6.10. The molecule has 0 amide bonds. The fourth-order valence-electron chi connectivity index (χ4n) is 3.13. The van der Waals surface area contributed by atoms with E-state index < -0.39 is 5.97 Å². The first kappa shape index (κ1) is 28.6. The van der Waals surface area contributed by atoms with Crippen LogP contribution in [0.5, 0.6) is 0 Å². The summed E-state index contributed by atoms with van der Waals surface area (Å²) in [6, 6.07) is 0. The normalized spacial score (nSPS) is 11.1. The largest absolute Gasteiger partial charge is 0.550 e. The van der Waals surface area contributed by atoms with Crippen LogP contribution in [0.4, 0.5) is 0 Å². The number of hydrogen-bond acceptors (Lipinski definition) is 2. The first-order chi connectivity index (χ1) is 12.8. The number of carbonyl (C=O) groups is 1. The molecule has 0 bridgehead atoms. The minimum Gasteiger partial charge on any atom is -0.550 e. The molecule has 0 saturated carbocycles. The molecule has 0 saturated heterocycles. The van der Waals surface area contributed by atoms with Gasteiger partial charge in [0.05, 0.1) is 27.7 Å². The van der Waals surface area contributed by atoms with Crippen LogP contribution in [0.2, 0.25) is 0 Å². The summed E-state index contributed by atoms with van der Waals surface area (Å²) in [4.78, 5) is 9.26. The molecule has 0 spiro atoms. The topological polar surface area (TPSA) is 40.1 Å². The van der Waals surface area contributed by atoms with Crippen LogP contribution < -0.4 is 5.11 Å². The molecular formula is C24H51NO2. The van der Waals surface area contributed by atoms with E-state index in [9.17, 15) is 9.90 Å². The molecule has 0 aromatic heterocycles. The van der Waals surface area contributed by atoms with Crippen LogP contribution in [0.15, 0.2) is 0 Å². The third-order valence-electron chi connectivity index (χ3n) is 4.97. The van der Waals surface area contributed by atoms with Crippen molar-refractivity contribution in [2.24, 2.45) is 0 Å². The van der Waals surface area contributed by atoms with Gasteiger partial charge in [-0.15, -0.1) is 0 Å². The van der Waals surface area contributed by atoms with Gasteiger partial charge in [0.2, 0.25) is 0 Å². The van der Waals surface area contributed by atoms with Crippen molar-refractivity contribution in [3.05, 3.63) is 0 Å². The maximum atomic E-state index is 9.26. The molecule has 0 unspecified atom stereocenters. The average Bonchev–Trinajstić information content (AvgIpc) is 2.61. The molecule has 164 valence electrons. The highest BCUT2D eigenvalue weighted by molar-refractivity contribution is 5.63. The second kappa shape index (κ2) is 21.7. The van der Waals surface area contributed by atoms with Crippen molar-refractivity contribution in [2.45, 2.75) is 123 Å². The molecule has 0 aromatic carbocycles. The molecule has 0 rings (SSSR count). The van der Waals surface area contributed by atoms with E-state index in [1.807, 2.05) is 0 Å². The molecule has 0 heterocycles.